The monoisotopic (exact) mass is 267 g/mol. The second-order valence-electron chi connectivity index (χ2n) is 4.25. The van der Waals surface area contributed by atoms with Crippen LogP contribution in [-0.4, -0.2) is 22.5 Å². The number of carbonyl (C=O) groups excluding carboxylic acids is 1. The minimum atomic E-state index is -0.653. The number of rotatable bonds is 6. The van der Waals surface area contributed by atoms with Crippen molar-refractivity contribution in [1.82, 2.24) is 0 Å². The SMILES string of the molecule is CC(CCCN)C(=O)Nc1c(O)cccc1[N+](=O)[O-]. The molecule has 1 aromatic rings. The van der Waals surface area contributed by atoms with E-state index in [1.165, 1.54) is 18.2 Å². The van der Waals surface area contributed by atoms with Crippen LogP contribution in [-0.2, 0) is 4.79 Å². The van der Waals surface area contributed by atoms with Gasteiger partial charge in [0, 0.05) is 12.0 Å². The summed E-state index contributed by atoms with van der Waals surface area (Å²) in [6.45, 7) is 2.19. The number of nitrogens with two attached hydrogens (primary N) is 1. The van der Waals surface area contributed by atoms with Crippen LogP contribution in [0.25, 0.3) is 0 Å². The Morgan fingerprint density at radius 1 is 1.58 bits per heavy atom. The Kier molecular flexibility index (Phi) is 5.25. The fraction of sp³-hybridized carbons (Fsp3) is 0.417. The molecule has 4 N–H and O–H groups in total. The highest BCUT2D eigenvalue weighted by molar-refractivity contribution is 5.96. The fourth-order valence-electron chi connectivity index (χ4n) is 1.61. The van der Waals surface area contributed by atoms with Crippen LogP contribution in [0.15, 0.2) is 18.2 Å². The molecule has 0 fully saturated rings. The van der Waals surface area contributed by atoms with E-state index in [1.54, 1.807) is 6.92 Å². The Morgan fingerprint density at radius 3 is 2.84 bits per heavy atom. The Labute approximate surface area is 110 Å². The second-order valence-corrected chi connectivity index (χ2v) is 4.25. The number of benzene rings is 1. The minimum Gasteiger partial charge on any atom is -0.505 e. The molecule has 1 rings (SSSR count). The maximum absolute atomic E-state index is 11.9. The summed E-state index contributed by atoms with van der Waals surface area (Å²) in [5.74, 6) is -1.03. The van der Waals surface area contributed by atoms with E-state index in [1.807, 2.05) is 0 Å². The van der Waals surface area contributed by atoms with Crippen molar-refractivity contribution in [2.75, 3.05) is 11.9 Å². The maximum atomic E-state index is 11.9. The third-order valence-corrected chi connectivity index (χ3v) is 2.75. The van der Waals surface area contributed by atoms with Crippen molar-refractivity contribution in [2.24, 2.45) is 11.7 Å². The molecule has 0 aliphatic rings. The van der Waals surface area contributed by atoms with Gasteiger partial charge in [0.15, 0.2) is 5.69 Å². The number of para-hydroxylation sites is 1. The summed E-state index contributed by atoms with van der Waals surface area (Å²) in [5, 5.41) is 22.8. The van der Waals surface area contributed by atoms with Gasteiger partial charge in [0.1, 0.15) is 5.75 Å². The zero-order valence-electron chi connectivity index (χ0n) is 10.6. The number of nitrogens with zero attached hydrogens (tertiary/aromatic N) is 1. The zero-order valence-corrected chi connectivity index (χ0v) is 10.6. The number of phenols is 1. The molecule has 104 valence electrons. The van der Waals surface area contributed by atoms with Crippen molar-refractivity contribution in [3.63, 3.8) is 0 Å². The lowest BCUT2D eigenvalue weighted by Gasteiger charge is -2.12. The predicted molar refractivity (Wildman–Crippen MR) is 70.8 cm³/mol. The van der Waals surface area contributed by atoms with E-state index in [9.17, 15) is 20.0 Å². The topological polar surface area (TPSA) is 118 Å². The lowest BCUT2D eigenvalue weighted by atomic mass is 10.0. The average Bonchev–Trinajstić information content (AvgIpc) is 2.37. The number of nitro benzene ring substituents is 1. The van der Waals surface area contributed by atoms with E-state index < -0.39 is 4.92 Å². The van der Waals surface area contributed by atoms with Gasteiger partial charge in [0.25, 0.3) is 5.69 Å². The molecule has 0 aliphatic heterocycles. The first-order chi connectivity index (χ1) is 8.97. The molecule has 1 atom stereocenters. The van der Waals surface area contributed by atoms with E-state index >= 15 is 0 Å². The molecule has 19 heavy (non-hydrogen) atoms. The highest BCUT2D eigenvalue weighted by Gasteiger charge is 2.21. The highest BCUT2D eigenvalue weighted by Crippen LogP contribution is 2.33. The average molecular weight is 267 g/mol. The summed E-state index contributed by atoms with van der Waals surface area (Å²) >= 11 is 0. The van der Waals surface area contributed by atoms with Gasteiger partial charge in [-0.3, -0.25) is 14.9 Å². The molecule has 1 amide bonds. The Hall–Kier alpha value is -2.15. The number of anilines is 1. The number of phenolic OH excluding ortho intramolecular Hbond substituents is 1. The van der Waals surface area contributed by atoms with Gasteiger partial charge in [0.2, 0.25) is 5.91 Å². The second kappa shape index (κ2) is 6.69. The molecule has 0 saturated heterocycles. The summed E-state index contributed by atoms with van der Waals surface area (Å²) in [4.78, 5) is 22.0. The molecule has 0 aromatic heterocycles. The van der Waals surface area contributed by atoms with Gasteiger partial charge in [0.05, 0.1) is 4.92 Å². The van der Waals surface area contributed by atoms with Crippen LogP contribution in [0.5, 0.6) is 5.75 Å². The number of hydrogen-bond donors (Lipinski definition) is 3. The first-order valence-corrected chi connectivity index (χ1v) is 5.94. The molecule has 7 heteroatoms. The van der Waals surface area contributed by atoms with E-state index in [2.05, 4.69) is 5.32 Å². The fourth-order valence-corrected chi connectivity index (χ4v) is 1.61. The van der Waals surface area contributed by atoms with Crippen molar-refractivity contribution in [2.45, 2.75) is 19.8 Å². The quantitative estimate of drug-likeness (QED) is 0.411. The molecular formula is C12H17N3O4. The van der Waals surface area contributed by atoms with Gasteiger partial charge in [-0.15, -0.1) is 0 Å². The summed E-state index contributed by atoms with van der Waals surface area (Å²) in [7, 11) is 0. The molecule has 0 radical (unpaired) electrons. The minimum absolute atomic E-state index is 0.169. The summed E-state index contributed by atoms with van der Waals surface area (Å²) in [6.07, 6.45) is 1.28. The van der Waals surface area contributed by atoms with Gasteiger partial charge in [-0.2, -0.15) is 0 Å². The highest BCUT2D eigenvalue weighted by atomic mass is 16.6. The number of nitrogens with one attached hydrogen (secondary N) is 1. The van der Waals surface area contributed by atoms with Crippen LogP contribution in [0.4, 0.5) is 11.4 Å². The summed E-state index contributed by atoms with van der Waals surface area (Å²) in [6, 6.07) is 3.86. The van der Waals surface area contributed by atoms with E-state index in [0.717, 1.165) is 0 Å². The molecule has 0 bridgehead atoms. The Bertz CT molecular complexity index is 476. The Morgan fingerprint density at radius 2 is 2.26 bits per heavy atom. The number of amides is 1. The molecule has 7 nitrogen and oxygen atoms in total. The van der Waals surface area contributed by atoms with E-state index in [0.29, 0.717) is 19.4 Å². The van der Waals surface area contributed by atoms with Crippen molar-refractivity contribution in [1.29, 1.82) is 0 Å². The van der Waals surface area contributed by atoms with Crippen molar-refractivity contribution in [3.05, 3.63) is 28.3 Å². The molecule has 0 heterocycles. The summed E-state index contributed by atoms with van der Waals surface area (Å²) < 4.78 is 0. The van der Waals surface area contributed by atoms with Crippen molar-refractivity contribution >= 4 is 17.3 Å². The first-order valence-electron chi connectivity index (χ1n) is 5.94. The van der Waals surface area contributed by atoms with E-state index in [-0.39, 0.29) is 28.9 Å². The maximum Gasteiger partial charge on any atom is 0.296 e. The molecule has 1 unspecified atom stereocenters. The number of nitro groups is 1. The van der Waals surface area contributed by atoms with Crippen molar-refractivity contribution < 1.29 is 14.8 Å². The normalized spacial score (nSPS) is 11.9. The van der Waals surface area contributed by atoms with Crippen LogP contribution in [0, 0.1) is 16.0 Å². The zero-order chi connectivity index (χ0) is 14.4. The van der Waals surface area contributed by atoms with Crippen LogP contribution >= 0.6 is 0 Å². The number of carbonyl (C=O) groups is 1. The van der Waals surface area contributed by atoms with Crippen LogP contribution in [0.2, 0.25) is 0 Å². The van der Waals surface area contributed by atoms with Gasteiger partial charge in [-0.05, 0) is 25.5 Å². The third kappa shape index (κ3) is 3.92. The van der Waals surface area contributed by atoms with E-state index in [4.69, 9.17) is 5.73 Å². The van der Waals surface area contributed by atoms with Crippen LogP contribution < -0.4 is 11.1 Å². The largest absolute Gasteiger partial charge is 0.505 e. The number of hydrogen-bond acceptors (Lipinski definition) is 5. The standard InChI is InChI=1S/C12H17N3O4/c1-8(4-3-7-13)12(17)14-11-9(15(18)19)5-2-6-10(11)16/h2,5-6,8,16H,3-4,7,13H2,1H3,(H,14,17). The van der Waals surface area contributed by atoms with Gasteiger partial charge < -0.3 is 16.2 Å². The number of aromatic hydroxyl groups is 1. The lowest BCUT2D eigenvalue weighted by Crippen LogP contribution is -2.21. The van der Waals surface area contributed by atoms with Gasteiger partial charge in [-0.1, -0.05) is 13.0 Å². The van der Waals surface area contributed by atoms with Gasteiger partial charge >= 0.3 is 0 Å². The van der Waals surface area contributed by atoms with Crippen LogP contribution in [0.1, 0.15) is 19.8 Å². The Balaban J connectivity index is 2.87. The first kappa shape index (κ1) is 14.9. The van der Waals surface area contributed by atoms with Crippen molar-refractivity contribution in [3.8, 4) is 5.75 Å². The van der Waals surface area contributed by atoms with Crippen LogP contribution in [0.3, 0.4) is 0 Å². The predicted octanol–water partition coefficient (Wildman–Crippen LogP) is 1.61. The molecule has 0 saturated carbocycles. The third-order valence-electron chi connectivity index (χ3n) is 2.75. The lowest BCUT2D eigenvalue weighted by molar-refractivity contribution is -0.384. The molecule has 0 aliphatic carbocycles. The summed E-state index contributed by atoms with van der Waals surface area (Å²) in [5.41, 5.74) is 4.85. The van der Waals surface area contributed by atoms with Gasteiger partial charge in [-0.25, -0.2) is 0 Å². The molecular weight excluding hydrogens is 250 g/mol. The smallest absolute Gasteiger partial charge is 0.296 e. The molecule has 1 aromatic carbocycles. The molecule has 0 spiro atoms.